The van der Waals surface area contributed by atoms with Crippen LogP contribution in [0.2, 0.25) is 0 Å². The molecule has 1 aliphatic heterocycles. The van der Waals surface area contributed by atoms with E-state index in [1.54, 1.807) is 6.20 Å². The lowest BCUT2D eigenvalue weighted by molar-refractivity contribution is -0.134. The van der Waals surface area contributed by atoms with Crippen molar-refractivity contribution in [3.63, 3.8) is 0 Å². The highest BCUT2D eigenvalue weighted by Crippen LogP contribution is 2.24. The van der Waals surface area contributed by atoms with E-state index < -0.39 is 0 Å². The molecular weight excluding hydrogens is 307 g/mol. The van der Waals surface area contributed by atoms with Crippen LogP contribution in [0.3, 0.4) is 0 Å². The molecule has 0 aromatic carbocycles. The van der Waals surface area contributed by atoms with Crippen molar-refractivity contribution in [1.29, 1.82) is 0 Å². The molecule has 1 aromatic heterocycles. The number of aromatic nitrogens is 1. The van der Waals surface area contributed by atoms with Gasteiger partial charge in [-0.3, -0.25) is 19.9 Å². The predicted octanol–water partition coefficient (Wildman–Crippen LogP) is 1.21. The second-order valence-electron chi connectivity index (χ2n) is 3.42. The number of pyridine rings is 1. The molecule has 1 atom stereocenters. The van der Waals surface area contributed by atoms with Gasteiger partial charge in [0.05, 0.1) is 5.92 Å². The van der Waals surface area contributed by atoms with Crippen LogP contribution in [0.4, 0.5) is 0 Å². The molecule has 0 bridgehead atoms. The van der Waals surface area contributed by atoms with Crippen molar-refractivity contribution in [3.8, 4) is 0 Å². The van der Waals surface area contributed by atoms with E-state index in [9.17, 15) is 9.59 Å². The Bertz CT molecular complexity index is 420. The molecule has 1 aromatic rings. The largest absolute Gasteiger partial charge is 0.296 e. The molecule has 1 N–H and O–H groups in total. The number of nitrogens with one attached hydrogen (secondary N) is 1. The lowest BCUT2D eigenvalue weighted by atomic mass is 9.91. The first-order chi connectivity index (χ1) is 7.16. The zero-order chi connectivity index (χ0) is 10.8. The fourth-order valence-electron chi connectivity index (χ4n) is 1.65. The Morgan fingerprint density at radius 1 is 1.47 bits per heavy atom. The van der Waals surface area contributed by atoms with Gasteiger partial charge in [0.2, 0.25) is 11.8 Å². The van der Waals surface area contributed by atoms with Crippen molar-refractivity contribution in [1.82, 2.24) is 10.3 Å². The molecule has 0 saturated carbocycles. The smallest absolute Gasteiger partial charge is 0.234 e. The summed E-state index contributed by atoms with van der Waals surface area (Å²) in [6.45, 7) is 0. The minimum Gasteiger partial charge on any atom is -0.296 e. The van der Waals surface area contributed by atoms with Crippen LogP contribution in [0.1, 0.15) is 24.3 Å². The van der Waals surface area contributed by atoms with Crippen molar-refractivity contribution in [2.45, 2.75) is 18.8 Å². The number of piperidine rings is 1. The van der Waals surface area contributed by atoms with Crippen LogP contribution < -0.4 is 5.32 Å². The Labute approximate surface area is 101 Å². The number of halogens is 1. The molecule has 15 heavy (non-hydrogen) atoms. The number of rotatable bonds is 1. The Morgan fingerprint density at radius 2 is 2.27 bits per heavy atom. The average Bonchev–Trinajstić information content (AvgIpc) is 2.17. The number of amides is 2. The van der Waals surface area contributed by atoms with Crippen molar-refractivity contribution >= 4 is 34.4 Å². The second-order valence-corrected chi connectivity index (χ2v) is 4.52. The molecule has 2 heterocycles. The second kappa shape index (κ2) is 4.26. The van der Waals surface area contributed by atoms with Gasteiger partial charge in [0, 0.05) is 12.6 Å². The van der Waals surface area contributed by atoms with Gasteiger partial charge in [0.15, 0.2) is 0 Å². The van der Waals surface area contributed by atoms with E-state index in [1.807, 2.05) is 12.1 Å². The number of hydrogen-bond donors (Lipinski definition) is 1. The average molecular weight is 316 g/mol. The van der Waals surface area contributed by atoms with Gasteiger partial charge >= 0.3 is 0 Å². The third-order valence-corrected chi connectivity index (χ3v) is 2.98. The molecule has 5 heteroatoms. The maximum Gasteiger partial charge on any atom is 0.234 e. The van der Waals surface area contributed by atoms with Gasteiger partial charge in [-0.25, -0.2) is 0 Å². The number of carbonyl (C=O) groups excluding carboxylic acids is 2. The summed E-state index contributed by atoms with van der Waals surface area (Å²) in [5.74, 6) is -0.590. The van der Waals surface area contributed by atoms with E-state index in [0.29, 0.717) is 12.8 Å². The highest BCUT2D eigenvalue weighted by atomic mass is 127. The topological polar surface area (TPSA) is 59.1 Å². The van der Waals surface area contributed by atoms with Gasteiger partial charge in [-0.1, -0.05) is 0 Å². The van der Waals surface area contributed by atoms with E-state index >= 15 is 0 Å². The number of nitrogens with zero attached hydrogens (tertiary/aromatic N) is 1. The Morgan fingerprint density at radius 3 is 2.93 bits per heavy atom. The molecule has 1 aliphatic rings. The maximum atomic E-state index is 11.6. The zero-order valence-electron chi connectivity index (χ0n) is 7.87. The van der Waals surface area contributed by atoms with Crippen molar-refractivity contribution < 1.29 is 9.59 Å². The Hall–Kier alpha value is -0.980. The van der Waals surface area contributed by atoms with E-state index in [4.69, 9.17) is 0 Å². The fraction of sp³-hybridized carbons (Fsp3) is 0.300. The minimum atomic E-state index is -0.209. The maximum absolute atomic E-state index is 11.6. The summed E-state index contributed by atoms with van der Waals surface area (Å²) in [5.41, 5.74) is 0.930. The summed E-state index contributed by atoms with van der Waals surface area (Å²) in [7, 11) is 0. The minimum absolute atomic E-state index is 0.181. The summed E-state index contributed by atoms with van der Waals surface area (Å²) in [6.07, 6.45) is 2.68. The van der Waals surface area contributed by atoms with Crippen LogP contribution in [-0.2, 0) is 9.59 Å². The number of hydrogen-bond acceptors (Lipinski definition) is 3. The first kappa shape index (κ1) is 10.5. The quantitative estimate of drug-likeness (QED) is 0.481. The molecule has 0 aliphatic carbocycles. The zero-order valence-corrected chi connectivity index (χ0v) is 10.0. The first-order valence-corrected chi connectivity index (χ1v) is 5.70. The molecule has 0 radical (unpaired) electrons. The lowest BCUT2D eigenvalue weighted by Crippen LogP contribution is -2.39. The molecular formula is C10H9IN2O2. The van der Waals surface area contributed by atoms with E-state index in [-0.39, 0.29) is 17.7 Å². The van der Waals surface area contributed by atoms with Gasteiger partial charge in [-0.15, -0.1) is 0 Å². The molecule has 1 saturated heterocycles. The standard InChI is InChI=1S/C10H9IN2O2/c11-8-5-6(3-4-12-8)7-1-2-9(14)13-10(7)15/h3-5,7H,1-2H2,(H,13,14,15). The van der Waals surface area contributed by atoms with Crippen LogP contribution >= 0.6 is 22.6 Å². The summed E-state index contributed by atoms with van der Waals surface area (Å²) < 4.78 is 0.856. The third kappa shape index (κ3) is 2.34. The molecule has 1 unspecified atom stereocenters. The molecule has 2 amide bonds. The molecule has 4 nitrogen and oxygen atoms in total. The van der Waals surface area contributed by atoms with E-state index in [0.717, 1.165) is 9.26 Å². The SMILES string of the molecule is O=C1CCC(c2ccnc(I)c2)C(=O)N1. The van der Waals surface area contributed by atoms with Crippen LogP contribution in [0.5, 0.6) is 0 Å². The van der Waals surface area contributed by atoms with Gasteiger partial charge in [-0.2, -0.15) is 0 Å². The van der Waals surface area contributed by atoms with Crippen LogP contribution in [0.15, 0.2) is 18.3 Å². The molecule has 0 spiro atoms. The number of carbonyl (C=O) groups is 2. The van der Waals surface area contributed by atoms with Crippen LogP contribution in [0.25, 0.3) is 0 Å². The predicted molar refractivity (Wildman–Crippen MR) is 62.1 cm³/mol. The van der Waals surface area contributed by atoms with Crippen LogP contribution in [0, 0.1) is 3.70 Å². The van der Waals surface area contributed by atoms with Gasteiger partial charge in [0.1, 0.15) is 3.70 Å². The normalized spacial score (nSPS) is 21.3. The number of imide groups is 1. The monoisotopic (exact) mass is 316 g/mol. The van der Waals surface area contributed by atoms with Crippen molar-refractivity contribution in [2.75, 3.05) is 0 Å². The lowest BCUT2D eigenvalue weighted by Gasteiger charge is -2.20. The fourth-order valence-corrected chi connectivity index (χ4v) is 2.17. The summed E-state index contributed by atoms with van der Waals surface area (Å²) in [5, 5.41) is 2.35. The van der Waals surface area contributed by atoms with E-state index in [2.05, 4.69) is 32.9 Å². The Kier molecular flexibility index (Phi) is 2.99. The van der Waals surface area contributed by atoms with Gasteiger partial charge in [-0.05, 0) is 46.7 Å². The van der Waals surface area contributed by atoms with Crippen molar-refractivity contribution in [3.05, 3.63) is 27.6 Å². The first-order valence-electron chi connectivity index (χ1n) is 4.62. The van der Waals surface area contributed by atoms with Crippen molar-refractivity contribution in [2.24, 2.45) is 0 Å². The summed E-state index contributed by atoms with van der Waals surface area (Å²) in [6, 6.07) is 3.70. The molecule has 78 valence electrons. The summed E-state index contributed by atoms with van der Waals surface area (Å²) in [4.78, 5) is 26.6. The van der Waals surface area contributed by atoms with Gasteiger partial charge in [0.25, 0.3) is 0 Å². The van der Waals surface area contributed by atoms with E-state index in [1.165, 1.54) is 0 Å². The summed E-state index contributed by atoms with van der Waals surface area (Å²) >= 11 is 2.10. The molecule has 1 fully saturated rings. The third-order valence-electron chi connectivity index (χ3n) is 2.39. The Balaban J connectivity index is 2.24. The molecule has 2 rings (SSSR count). The van der Waals surface area contributed by atoms with Crippen LogP contribution in [-0.4, -0.2) is 16.8 Å². The highest BCUT2D eigenvalue weighted by Gasteiger charge is 2.27. The van der Waals surface area contributed by atoms with Gasteiger partial charge < -0.3 is 0 Å². The highest BCUT2D eigenvalue weighted by molar-refractivity contribution is 14.1.